The smallest absolute Gasteiger partial charge is 0.250 e. The van der Waals surface area contributed by atoms with Gasteiger partial charge in [0, 0.05) is 18.8 Å². The number of rotatable bonds is 3. The van der Waals surface area contributed by atoms with E-state index in [0.717, 1.165) is 31.4 Å². The van der Waals surface area contributed by atoms with Gasteiger partial charge in [-0.15, -0.1) is 0 Å². The SMILES string of the molecule is CN(C(=O)C=CC1(O)CCCCC1)c1ccccc1. The molecule has 1 fully saturated rings. The summed E-state index contributed by atoms with van der Waals surface area (Å²) in [6.45, 7) is 0. The van der Waals surface area contributed by atoms with Crippen molar-refractivity contribution in [3.63, 3.8) is 0 Å². The van der Waals surface area contributed by atoms with E-state index in [0.29, 0.717) is 0 Å². The summed E-state index contributed by atoms with van der Waals surface area (Å²) in [5.74, 6) is -0.106. The number of hydrogen-bond donors (Lipinski definition) is 1. The van der Waals surface area contributed by atoms with Crippen LogP contribution in [-0.2, 0) is 4.79 Å². The molecule has 1 aliphatic rings. The average molecular weight is 259 g/mol. The first-order chi connectivity index (χ1) is 9.11. The van der Waals surface area contributed by atoms with Crippen LogP contribution in [0.15, 0.2) is 42.5 Å². The van der Waals surface area contributed by atoms with Gasteiger partial charge in [0.25, 0.3) is 0 Å². The maximum absolute atomic E-state index is 12.1. The van der Waals surface area contributed by atoms with Gasteiger partial charge in [0.2, 0.25) is 5.91 Å². The predicted molar refractivity (Wildman–Crippen MR) is 77.0 cm³/mol. The Morgan fingerprint density at radius 1 is 1.21 bits per heavy atom. The van der Waals surface area contributed by atoms with Crippen molar-refractivity contribution < 1.29 is 9.90 Å². The molecule has 0 aromatic heterocycles. The normalized spacial score (nSPS) is 18.4. The van der Waals surface area contributed by atoms with Gasteiger partial charge in [-0.05, 0) is 31.1 Å². The zero-order valence-electron chi connectivity index (χ0n) is 11.4. The van der Waals surface area contributed by atoms with Crippen molar-refractivity contribution >= 4 is 11.6 Å². The lowest BCUT2D eigenvalue weighted by Crippen LogP contribution is -2.30. The van der Waals surface area contributed by atoms with Crippen molar-refractivity contribution in [2.75, 3.05) is 11.9 Å². The van der Waals surface area contributed by atoms with Crippen LogP contribution in [0.2, 0.25) is 0 Å². The number of likely N-dealkylation sites (N-methyl/N-ethyl adjacent to an activating group) is 1. The highest BCUT2D eigenvalue weighted by atomic mass is 16.3. The molecule has 2 rings (SSSR count). The lowest BCUT2D eigenvalue weighted by Gasteiger charge is -2.29. The molecule has 19 heavy (non-hydrogen) atoms. The molecule has 1 aliphatic carbocycles. The second-order valence-corrected chi connectivity index (χ2v) is 5.23. The Hall–Kier alpha value is -1.61. The van der Waals surface area contributed by atoms with Crippen LogP contribution in [0.5, 0.6) is 0 Å². The van der Waals surface area contributed by atoms with Crippen molar-refractivity contribution in [1.29, 1.82) is 0 Å². The summed E-state index contributed by atoms with van der Waals surface area (Å²) < 4.78 is 0. The molecule has 102 valence electrons. The summed E-state index contributed by atoms with van der Waals surface area (Å²) in [7, 11) is 1.74. The van der Waals surface area contributed by atoms with E-state index >= 15 is 0 Å². The van der Waals surface area contributed by atoms with E-state index in [2.05, 4.69) is 0 Å². The maximum Gasteiger partial charge on any atom is 0.250 e. The van der Waals surface area contributed by atoms with Gasteiger partial charge in [-0.3, -0.25) is 4.79 Å². The minimum Gasteiger partial charge on any atom is -0.386 e. The lowest BCUT2D eigenvalue weighted by atomic mass is 9.84. The van der Waals surface area contributed by atoms with Crippen LogP contribution < -0.4 is 4.90 Å². The topological polar surface area (TPSA) is 40.5 Å². The number of nitrogens with zero attached hydrogens (tertiary/aromatic N) is 1. The van der Waals surface area contributed by atoms with Gasteiger partial charge >= 0.3 is 0 Å². The fourth-order valence-corrected chi connectivity index (χ4v) is 2.45. The van der Waals surface area contributed by atoms with Gasteiger partial charge in [-0.2, -0.15) is 0 Å². The Morgan fingerprint density at radius 2 is 1.84 bits per heavy atom. The van der Waals surface area contributed by atoms with Gasteiger partial charge in [0.15, 0.2) is 0 Å². The Labute approximate surface area is 114 Å². The zero-order chi connectivity index (χ0) is 13.7. The van der Waals surface area contributed by atoms with Crippen LogP contribution in [0.25, 0.3) is 0 Å². The van der Waals surface area contributed by atoms with Gasteiger partial charge in [0.1, 0.15) is 0 Å². The summed E-state index contributed by atoms with van der Waals surface area (Å²) in [5, 5.41) is 10.3. The Balaban J connectivity index is 2.00. The first-order valence-electron chi connectivity index (χ1n) is 6.85. The molecule has 0 radical (unpaired) electrons. The Kier molecular flexibility index (Phi) is 4.38. The average Bonchev–Trinajstić information content (AvgIpc) is 2.46. The maximum atomic E-state index is 12.1. The molecular weight excluding hydrogens is 238 g/mol. The third-order valence-corrected chi connectivity index (χ3v) is 3.73. The van der Waals surface area contributed by atoms with E-state index in [1.807, 2.05) is 30.3 Å². The molecule has 0 spiro atoms. The second-order valence-electron chi connectivity index (χ2n) is 5.23. The summed E-state index contributed by atoms with van der Waals surface area (Å²) in [6, 6.07) is 9.50. The van der Waals surface area contributed by atoms with E-state index in [9.17, 15) is 9.90 Å². The van der Waals surface area contributed by atoms with E-state index < -0.39 is 5.60 Å². The highest BCUT2D eigenvalue weighted by molar-refractivity contribution is 6.01. The summed E-state index contributed by atoms with van der Waals surface area (Å²) in [4.78, 5) is 13.6. The molecule has 0 aliphatic heterocycles. The number of amides is 1. The predicted octanol–water partition coefficient (Wildman–Crippen LogP) is 2.90. The van der Waals surface area contributed by atoms with E-state index in [-0.39, 0.29) is 5.91 Å². The summed E-state index contributed by atoms with van der Waals surface area (Å²) in [5.41, 5.74) is 0.0682. The number of benzene rings is 1. The van der Waals surface area contributed by atoms with Crippen molar-refractivity contribution in [1.82, 2.24) is 0 Å². The minimum absolute atomic E-state index is 0.106. The van der Waals surface area contributed by atoms with E-state index in [1.165, 1.54) is 12.5 Å². The Morgan fingerprint density at radius 3 is 2.47 bits per heavy atom. The quantitative estimate of drug-likeness (QED) is 0.848. The van der Waals surface area contributed by atoms with Crippen LogP contribution >= 0.6 is 0 Å². The zero-order valence-corrected chi connectivity index (χ0v) is 11.4. The van der Waals surface area contributed by atoms with E-state index in [4.69, 9.17) is 0 Å². The number of carbonyl (C=O) groups is 1. The lowest BCUT2D eigenvalue weighted by molar-refractivity contribution is -0.114. The molecule has 3 nitrogen and oxygen atoms in total. The van der Waals surface area contributed by atoms with Gasteiger partial charge < -0.3 is 10.0 Å². The number of anilines is 1. The van der Waals surface area contributed by atoms with Gasteiger partial charge in [-0.25, -0.2) is 0 Å². The first-order valence-corrected chi connectivity index (χ1v) is 6.85. The fourth-order valence-electron chi connectivity index (χ4n) is 2.45. The molecule has 1 aromatic rings. The number of carbonyl (C=O) groups excluding carboxylic acids is 1. The third-order valence-electron chi connectivity index (χ3n) is 3.73. The molecular formula is C16H21NO2. The molecule has 1 N–H and O–H groups in total. The summed E-state index contributed by atoms with van der Waals surface area (Å²) in [6.07, 6.45) is 7.92. The second kappa shape index (κ2) is 6.02. The standard InChI is InChI=1S/C16H21NO2/c1-17(14-8-4-2-5-9-14)15(18)10-13-16(19)11-6-3-7-12-16/h2,4-5,8-10,13,19H,3,6-7,11-12H2,1H3. The van der Waals surface area contributed by atoms with E-state index in [1.54, 1.807) is 18.0 Å². The van der Waals surface area contributed by atoms with Crippen LogP contribution in [0, 0.1) is 0 Å². The van der Waals surface area contributed by atoms with Crippen molar-refractivity contribution in [2.45, 2.75) is 37.7 Å². The molecule has 0 bridgehead atoms. The number of para-hydroxylation sites is 1. The summed E-state index contributed by atoms with van der Waals surface area (Å²) >= 11 is 0. The number of hydrogen-bond acceptors (Lipinski definition) is 2. The molecule has 1 aromatic carbocycles. The Bertz CT molecular complexity index is 447. The molecule has 0 unspecified atom stereocenters. The molecule has 1 amide bonds. The van der Waals surface area contributed by atoms with Crippen molar-refractivity contribution in [3.05, 3.63) is 42.5 Å². The first kappa shape index (κ1) is 13.8. The minimum atomic E-state index is -0.786. The van der Waals surface area contributed by atoms with Crippen molar-refractivity contribution in [3.8, 4) is 0 Å². The van der Waals surface area contributed by atoms with Crippen molar-refractivity contribution in [2.24, 2.45) is 0 Å². The van der Waals surface area contributed by atoms with Gasteiger partial charge in [0.05, 0.1) is 5.60 Å². The molecule has 1 saturated carbocycles. The third kappa shape index (κ3) is 3.67. The highest BCUT2D eigenvalue weighted by Crippen LogP contribution is 2.29. The van der Waals surface area contributed by atoms with Crippen LogP contribution in [0.4, 0.5) is 5.69 Å². The molecule has 0 atom stereocenters. The molecule has 0 saturated heterocycles. The largest absolute Gasteiger partial charge is 0.386 e. The van der Waals surface area contributed by atoms with Crippen LogP contribution in [0.1, 0.15) is 32.1 Å². The number of aliphatic hydroxyl groups is 1. The molecule has 3 heteroatoms. The monoisotopic (exact) mass is 259 g/mol. The van der Waals surface area contributed by atoms with Crippen LogP contribution in [0.3, 0.4) is 0 Å². The fraction of sp³-hybridized carbons (Fsp3) is 0.438. The highest BCUT2D eigenvalue weighted by Gasteiger charge is 2.26. The molecule has 0 heterocycles. The van der Waals surface area contributed by atoms with Gasteiger partial charge in [-0.1, -0.05) is 37.5 Å². The van der Waals surface area contributed by atoms with Crippen LogP contribution in [-0.4, -0.2) is 23.7 Å².